The predicted octanol–water partition coefficient (Wildman–Crippen LogP) is 4.30. The molecule has 0 amide bonds. The van der Waals surface area contributed by atoms with E-state index in [1.165, 1.54) is 19.2 Å². The van der Waals surface area contributed by atoms with Crippen molar-refractivity contribution in [2.75, 3.05) is 13.7 Å². The van der Waals surface area contributed by atoms with Gasteiger partial charge in [-0.1, -0.05) is 6.07 Å². The fraction of sp³-hybridized carbons (Fsp3) is 0.438. The second kappa shape index (κ2) is 6.40. The fourth-order valence-corrected chi connectivity index (χ4v) is 3.42. The van der Waals surface area contributed by atoms with Crippen molar-refractivity contribution >= 4 is 15.9 Å². The lowest BCUT2D eigenvalue weighted by Crippen LogP contribution is -2.15. The first-order valence-electron chi connectivity index (χ1n) is 7.43. The molecule has 8 heteroatoms. The lowest BCUT2D eigenvalue weighted by molar-refractivity contribution is -0.138. The molecular weight excluding hydrogens is 389 g/mol. The van der Waals surface area contributed by atoms with Gasteiger partial charge in [0, 0.05) is 12.0 Å². The average molecular weight is 405 g/mol. The lowest BCUT2D eigenvalue weighted by Gasteiger charge is -2.15. The molecule has 1 aliphatic heterocycles. The van der Waals surface area contributed by atoms with E-state index in [9.17, 15) is 13.2 Å². The van der Waals surface area contributed by atoms with E-state index in [4.69, 9.17) is 9.47 Å². The molecule has 1 atom stereocenters. The minimum Gasteiger partial charge on any atom is -0.496 e. The Labute approximate surface area is 145 Å². The number of aromatic nitrogens is 2. The van der Waals surface area contributed by atoms with Crippen molar-refractivity contribution in [3.8, 4) is 17.1 Å². The van der Waals surface area contributed by atoms with Gasteiger partial charge in [-0.15, -0.1) is 0 Å². The van der Waals surface area contributed by atoms with Crippen LogP contribution in [0.4, 0.5) is 13.2 Å². The highest BCUT2D eigenvalue weighted by Gasteiger charge is 2.34. The number of alkyl halides is 3. The van der Waals surface area contributed by atoms with Gasteiger partial charge in [0.2, 0.25) is 0 Å². The summed E-state index contributed by atoms with van der Waals surface area (Å²) < 4.78 is 52.4. The molecule has 24 heavy (non-hydrogen) atoms. The number of hydrogen-bond donors (Lipinski definition) is 0. The van der Waals surface area contributed by atoms with E-state index in [2.05, 4.69) is 20.9 Å². The summed E-state index contributed by atoms with van der Waals surface area (Å²) in [5, 5.41) is 0. The standard InChI is InChI=1S/C16H16BrF3N2O2/c1-9-8-22-12(5-6-24-9)14(17)21-15(22)10-3-4-11(16(18,19)20)13(7-10)23-2/h3-4,7,9H,5-6,8H2,1-2H3/t9-/m1/s1. The molecule has 1 aliphatic rings. The van der Waals surface area contributed by atoms with E-state index >= 15 is 0 Å². The zero-order chi connectivity index (χ0) is 17.5. The zero-order valence-electron chi connectivity index (χ0n) is 13.2. The largest absolute Gasteiger partial charge is 0.496 e. The van der Waals surface area contributed by atoms with Crippen LogP contribution >= 0.6 is 15.9 Å². The van der Waals surface area contributed by atoms with Gasteiger partial charge in [0.25, 0.3) is 0 Å². The molecule has 0 saturated carbocycles. The Morgan fingerprint density at radius 3 is 2.79 bits per heavy atom. The van der Waals surface area contributed by atoms with Crippen LogP contribution in [0.25, 0.3) is 11.4 Å². The van der Waals surface area contributed by atoms with Crippen LogP contribution in [0, 0.1) is 0 Å². The summed E-state index contributed by atoms with van der Waals surface area (Å²) in [6.45, 7) is 3.13. The molecule has 130 valence electrons. The van der Waals surface area contributed by atoms with Gasteiger partial charge < -0.3 is 14.0 Å². The maximum Gasteiger partial charge on any atom is 0.419 e. The maximum atomic E-state index is 13.0. The summed E-state index contributed by atoms with van der Waals surface area (Å²) in [5.41, 5.74) is 0.751. The second-order valence-corrected chi connectivity index (χ2v) is 6.38. The molecule has 1 aromatic heterocycles. The molecule has 0 aliphatic carbocycles. The average Bonchev–Trinajstić information content (AvgIpc) is 2.70. The summed E-state index contributed by atoms with van der Waals surface area (Å²) in [4.78, 5) is 4.49. The first kappa shape index (κ1) is 17.3. The van der Waals surface area contributed by atoms with Gasteiger partial charge >= 0.3 is 6.18 Å². The van der Waals surface area contributed by atoms with Crippen molar-refractivity contribution in [2.24, 2.45) is 0 Å². The molecule has 0 saturated heterocycles. The maximum absolute atomic E-state index is 13.0. The Balaban J connectivity index is 2.10. The SMILES string of the molecule is COc1cc(-c2nc(Br)c3n2C[C@@H](C)OCC3)ccc1C(F)(F)F. The van der Waals surface area contributed by atoms with Crippen LogP contribution in [-0.4, -0.2) is 29.4 Å². The molecule has 0 N–H and O–H groups in total. The number of hydrogen-bond acceptors (Lipinski definition) is 3. The third-order valence-electron chi connectivity index (χ3n) is 3.97. The molecule has 0 bridgehead atoms. The summed E-state index contributed by atoms with van der Waals surface area (Å²) in [6, 6.07) is 3.82. The third kappa shape index (κ3) is 3.17. The molecule has 2 aromatic rings. The Kier molecular flexibility index (Phi) is 4.61. The number of halogens is 4. The van der Waals surface area contributed by atoms with Crippen LogP contribution in [0.15, 0.2) is 22.8 Å². The number of benzene rings is 1. The Bertz CT molecular complexity index is 759. The number of methoxy groups -OCH3 is 1. The van der Waals surface area contributed by atoms with Gasteiger partial charge in [0.1, 0.15) is 16.2 Å². The minimum atomic E-state index is -4.46. The highest BCUT2D eigenvalue weighted by Crippen LogP contribution is 2.39. The summed E-state index contributed by atoms with van der Waals surface area (Å²) in [7, 11) is 1.23. The number of ether oxygens (including phenoxy) is 2. The Hall–Kier alpha value is -1.54. The smallest absolute Gasteiger partial charge is 0.419 e. The molecule has 0 spiro atoms. The van der Waals surface area contributed by atoms with Gasteiger partial charge in [-0.25, -0.2) is 4.98 Å². The summed E-state index contributed by atoms with van der Waals surface area (Å²) >= 11 is 3.44. The van der Waals surface area contributed by atoms with Gasteiger partial charge in [0.05, 0.1) is 37.6 Å². The van der Waals surface area contributed by atoms with Crippen molar-refractivity contribution in [3.63, 3.8) is 0 Å². The van der Waals surface area contributed by atoms with Crippen molar-refractivity contribution in [1.82, 2.24) is 9.55 Å². The molecule has 1 aromatic carbocycles. The van der Waals surface area contributed by atoms with Crippen LogP contribution in [-0.2, 0) is 23.9 Å². The first-order chi connectivity index (χ1) is 11.3. The van der Waals surface area contributed by atoms with Crippen LogP contribution in [0.2, 0.25) is 0 Å². The molecule has 4 nitrogen and oxygen atoms in total. The molecular formula is C16H16BrF3N2O2. The van der Waals surface area contributed by atoms with E-state index in [0.29, 0.717) is 35.6 Å². The van der Waals surface area contributed by atoms with Crippen LogP contribution in [0.3, 0.4) is 0 Å². The topological polar surface area (TPSA) is 36.3 Å². The highest BCUT2D eigenvalue weighted by molar-refractivity contribution is 9.10. The van der Waals surface area contributed by atoms with Gasteiger partial charge in [-0.05, 0) is 35.0 Å². The van der Waals surface area contributed by atoms with Crippen molar-refractivity contribution in [2.45, 2.75) is 32.2 Å². The Morgan fingerprint density at radius 2 is 2.12 bits per heavy atom. The van der Waals surface area contributed by atoms with Crippen LogP contribution in [0.5, 0.6) is 5.75 Å². The number of rotatable bonds is 2. The van der Waals surface area contributed by atoms with E-state index in [0.717, 1.165) is 11.8 Å². The molecule has 0 radical (unpaired) electrons. The summed E-state index contributed by atoms with van der Waals surface area (Å²) in [6.07, 6.45) is -3.77. The van der Waals surface area contributed by atoms with Crippen molar-refractivity contribution < 1.29 is 22.6 Å². The molecule has 3 rings (SSSR count). The van der Waals surface area contributed by atoms with Crippen LogP contribution < -0.4 is 4.74 Å². The van der Waals surface area contributed by atoms with E-state index in [-0.39, 0.29) is 11.9 Å². The van der Waals surface area contributed by atoms with Crippen LogP contribution in [0.1, 0.15) is 18.2 Å². The molecule has 0 unspecified atom stereocenters. The summed E-state index contributed by atoms with van der Waals surface area (Å²) in [5.74, 6) is 0.382. The number of nitrogens with zero attached hydrogens (tertiary/aromatic N) is 2. The lowest BCUT2D eigenvalue weighted by atomic mass is 10.1. The highest BCUT2D eigenvalue weighted by atomic mass is 79.9. The monoisotopic (exact) mass is 404 g/mol. The van der Waals surface area contributed by atoms with E-state index in [1.54, 1.807) is 0 Å². The van der Waals surface area contributed by atoms with E-state index < -0.39 is 11.7 Å². The number of imidazole rings is 1. The fourth-order valence-electron chi connectivity index (χ4n) is 2.84. The first-order valence-corrected chi connectivity index (χ1v) is 8.22. The normalized spacial score (nSPS) is 18.2. The van der Waals surface area contributed by atoms with Gasteiger partial charge in [-0.2, -0.15) is 13.2 Å². The predicted molar refractivity (Wildman–Crippen MR) is 86.0 cm³/mol. The zero-order valence-corrected chi connectivity index (χ0v) is 14.7. The Morgan fingerprint density at radius 1 is 1.38 bits per heavy atom. The van der Waals surface area contributed by atoms with Gasteiger partial charge in [-0.3, -0.25) is 0 Å². The third-order valence-corrected chi connectivity index (χ3v) is 4.60. The minimum absolute atomic E-state index is 0.00226. The van der Waals surface area contributed by atoms with E-state index in [1.807, 2.05) is 11.5 Å². The number of fused-ring (bicyclic) bond motifs is 1. The molecule has 0 fully saturated rings. The quantitative estimate of drug-likeness (QED) is 0.748. The van der Waals surface area contributed by atoms with Crippen molar-refractivity contribution in [1.29, 1.82) is 0 Å². The van der Waals surface area contributed by atoms with Gasteiger partial charge in [0.15, 0.2) is 0 Å². The van der Waals surface area contributed by atoms with Crippen molar-refractivity contribution in [3.05, 3.63) is 34.1 Å². The second-order valence-electron chi connectivity index (χ2n) is 5.63. The molecule has 2 heterocycles.